The van der Waals surface area contributed by atoms with Gasteiger partial charge in [-0.3, -0.25) is 0 Å². The highest BCUT2D eigenvalue weighted by molar-refractivity contribution is 5.90. The molecule has 36 heavy (non-hydrogen) atoms. The quantitative estimate of drug-likeness (QED) is 0.284. The Morgan fingerprint density at radius 2 is 0.694 bits per heavy atom. The van der Waals surface area contributed by atoms with Crippen LogP contribution in [0.1, 0.15) is 55.4 Å². The predicted molar refractivity (Wildman–Crippen MR) is 129 cm³/mol. The van der Waals surface area contributed by atoms with Crippen molar-refractivity contribution in [2.45, 2.75) is 92.0 Å². The first-order valence-corrected chi connectivity index (χ1v) is 11.6. The number of carbonyl (C=O) groups is 4. The molecule has 0 radical (unpaired) electrons. The molecule has 200 valence electrons. The summed E-state index contributed by atoms with van der Waals surface area (Å²) in [4.78, 5) is 50.3. The van der Waals surface area contributed by atoms with Gasteiger partial charge in [0.2, 0.25) is 0 Å². The van der Waals surface area contributed by atoms with Gasteiger partial charge >= 0.3 is 23.9 Å². The SMILES string of the molecule is CC=C(C)C(=O)OC1[C@@H](OC(=O)C(C)=CC)[C@H](O)C(OC(=O)C(C)=CC)[C@H](O)[C@@H]1OC(=O)/C(C)=C\C. The molecule has 1 aliphatic carbocycles. The average Bonchev–Trinajstić information content (AvgIpc) is 2.87. The van der Waals surface area contributed by atoms with E-state index in [1.54, 1.807) is 27.7 Å². The van der Waals surface area contributed by atoms with Gasteiger partial charge in [-0.1, -0.05) is 24.3 Å². The zero-order chi connectivity index (χ0) is 27.7. The van der Waals surface area contributed by atoms with Gasteiger partial charge in [0.1, 0.15) is 12.2 Å². The van der Waals surface area contributed by atoms with Gasteiger partial charge in [-0.2, -0.15) is 0 Å². The highest BCUT2D eigenvalue weighted by atomic mass is 16.6. The summed E-state index contributed by atoms with van der Waals surface area (Å²) in [5.41, 5.74) is 0.725. The molecule has 0 aromatic heterocycles. The second kappa shape index (κ2) is 13.7. The Morgan fingerprint density at radius 1 is 0.472 bits per heavy atom. The van der Waals surface area contributed by atoms with Crippen molar-refractivity contribution in [2.75, 3.05) is 0 Å². The summed E-state index contributed by atoms with van der Waals surface area (Å²) in [6.07, 6.45) is -4.41. The van der Waals surface area contributed by atoms with Crippen LogP contribution in [0.3, 0.4) is 0 Å². The van der Waals surface area contributed by atoms with Crippen molar-refractivity contribution in [2.24, 2.45) is 0 Å². The third-order valence-electron chi connectivity index (χ3n) is 5.99. The largest absolute Gasteiger partial charge is 0.453 e. The van der Waals surface area contributed by atoms with Crippen molar-refractivity contribution in [3.8, 4) is 0 Å². The molecule has 0 heterocycles. The minimum atomic E-state index is -1.83. The molecule has 6 atom stereocenters. The molecule has 0 aromatic carbocycles. The number of hydrogen-bond acceptors (Lipinski definition) is 10. The van der Waals surface area contributed by atoms with E-state index in [0.29, 0.717) is 0 Å². The van der Waals surface area contributed by atoms with Crippen LogP contribution in [-0.2, 0) is 38.1 Å². The van der Waals surface area contributed by atoms with Crippen molar-refractivity contribution >= 4 is 23.9 Å². The molecule has 0 aromatic rings. The number of allylic oxidation sites excluding steroid dienone is 4. The maximum atomic E-state index is 12.6. The van der Waals surface area contributed by atoms with Gasteiger partial charge < -0.3 is 29.2 Å². The molecule has 1 rings (SSSR count). The fourth-order valence-electron chi connectivity index (χ4n) is 3.04. The maximum absolute atomic E-state index is 12.6. The smallest absolute Gasteiger partial charge is 0.333 e. The van der Waals surface area contributed by atoms with Gasteiger partial charge in [-0.25, -0.2) is 19.2 Å². The van der Waals surface area contributed by atoms with Crippen molar-refractivity contribution in [1.82, 2.24) is 0 Å². The highest BCUT2D eigenvalue weighted by Gasteiger charge is 2.57. The summed E-state index contributed by atoms with van der Waals surface area (Å²) in [6.45, 7) is 12.3. The molecule has 0 amide bonds. The Kier molecular flexibility index (Phi) is 11.8. The monoisotopic (exact) mass is 508 g/mol. The van der Waals surface area contributed by atoms with Gasteiger partial charge in [-0.05, 0) is 55.4 Å². The summed E-state index contributed by atoms with van der Waals surface area (Å²) in [5, 5.41) is 22.2. The minimum absolute atomic E-state index is 0.180. The van der Waals surface area contributed by atoms with Crippen LogP contribution in [0.5, 0.6) is 0 Å². The van der Waals surface area contributed by atoms with E-state index >= 15 is 0 Å². The van der Waals surface area contributed by atoms with Crippen molar-refractivity contribution < 1.29 is 48.3 Å². The van der Waals surface area contributed by atoms with E-state index in [2.05, 4.69) is 0 Å². The third kappa shape index (κ3) is 7.38. The Morgan fingerprint density at radius 3 is 0.944 bits per heavy atom. The molecule has 1 saturated carbocycles. The molecule has 0 saturated heterocycles. The number of aliphatic hydroxyl groups excluding tert-OH is 2. The molecule has 0 spiro atoms. The van der Waals surface area contributed by atoms with Crippen molar-refractivity contribution in [3.63, 3.8) is 0 Å². The molecule has 10 nitrogen and oxygen atoms in total. The summed E-state index contributed by atoms with van der Waals surface area (Å²) in [6, 6.07) is 0. The lowest BCUT2D eigenvalue weighted by atomic mass is 9.84. The molecule has 0 bridgehead atoms. The number of rotatable bonds is 8. The van der Waals surface area contributed by atoms with Crippen LogP contribution in [0.25, 0.3) is 0 Å². The number of hydrogen-bond donors (Lipinski definition) is 2. The van der Waals surface area contributed by atoms with Crippen LogP contribution >= 0.6 is 0 Å². The number of carbonyl (C=O) groups excluding carboxylic acids is 4. The van der Waals surface area contributed by atoms with Gasteiger partial charge in [0.05, 0.1) is 0 Å². The first-order valence-electron chi connectivity index (χ1n) is 11.6. The molecule has 2 N–H and O–H groups in total. The highest BCUT2D eigenvalue weighted by Crippen LogP contribution is 2.32. The molecule has 2 unspecified atom stereocenters. The van der Waals surface area contributed by atoms with E-state index in [1.165, 1.54) is 52.0 Å². The number of esters is 4. The lowest BCUT2D eigenvalue weighted by Gasteiger charge is -2.45. The summed E-state index contributed by atoms with van der Waals surface area (Å²) >= 11 is 0. The van der Waals surface area contributed by atoms with Gasteiger partial charge in [0.15, 0.2) is 24.4 Å². The van der Waals surface area contributed by atoms with E-state index in [-0.39, 0.29) is 22.3 Å². The third-order valence-corrected chi connectivity index (χ3v) is 5.99. The van der Waals surface area contributed by atoms with E-state index in [0.717, 1.165) is 0 Å². The summed E-state index contributed by atoms with van der Waals surface area (Å²) in [5.74, 6) is -3.42. The standard InChI is InChI=1S/C26H36O10/c1-9-13(5)23(29)33-19-17(27)20(34-24(30)14(6)10-2)22(36-26(32)16(8)12-4)21(18(19)28)35-25(31)15(7)11-3/h9-12,17-22,27-28H,1-8H3/b13-9?,14-10-,15-11?,16-12?/t17-,18+,19?,20-,21-,22?/m0/s1. The lowest BCUT2D eigenvalue weighted by Crippen LogP contribution is -2.67. The molecule has 0 aliphatic heterocycles. The summed E-state index contributed by atoms with van der Waals surface area (Å²) < 4.78 is 21.7. The second-order valence-corrected chi connectivity index (χ2v) is 8.35. The van der Waals surface area contributed by atoms with Gasteiger partial charge in [0, 0.05) is 22.3 Å². The predicted octanol–water partition coefficient (Wildman–Crippen LogP) is 2.23. The maximum Gasteiger partial charge on any atom is 0.333 e. The summed E-state index contributed by atoms with van der Waals surface area (Å²) in [7, 11) is 0. The van der Waals surface area contributed by atoms with Crippen LogP contribution in [0.2, 0.25) is 0 Å². The Balaban J connectivity index is 3.63. The van der Waals surface area contributed by atoms with Crippen LogP contribution in [-0.4, -0.2) is 70.7 Å². The van der Waals surface area contributed by atoms with Crippen molar-refractivity contribution in [1.29, 1.82) is 0 Å². The van der Waals surface area contributed by atoms with Crippen LogP contribution in [0.4, 0.5) is 0 Å². The van der Waals surface area contributed by atoms with E-state index in [9.17, 15) is 29.4 Å². The Labute approximate surface area is 211 Å². The normalized spacial score (nSPS) is 27.7. The Hall–Kier alpha value is -3.24. The zero-order valence-corrected chi connectivity index (χ0v) is 21.9. The zero-order valence-electron chi connectivity index (χ0n) is 21.9. The molecule has 10 heteroatoms. The molecule has 1 fully saturated rings. The van der Waals surface area contributed by atoms with Gasteiger partial charge in [0.25, 0.3) is 0 Å². The van der Waals surface area contributed by atoms with E-state index in [1.807, 2.05) is 0 Å². The van der Waals surface area contributed by atoms with E-state index in [4.69, 9.17) is 18.9 Å². The first-order chi connectivity index (χ1) is 16.8. The fraction of sp³-hybridized carbons (Fsp3) is 0.538. The topological polar surface area (TPSA) is 146 Å². The molecule has 1 aliphatic rings. The first kappa shape index (κ1) is 30.8. The molecular weight excluding hydrogens is 472 g/mol. The second-order valence-electron chi connectivity index (χ2n) is 8.35. The fourth-order valence-corrected chi connectivity index (χ4v) is 3.04. The number of ether oxygens (including phenoxy) is 4. The molecular formula is C26H36O10. The van der Waals surface area contributed by atoms with Crippen LogP contribution in [0, 0.1) is 0 Å². The van der Waals surface area contributed by atoms with E-state index < -0.39 is 60.5 Å². The van der Waals surface area contributed by atoms with Crippen LogP contribution < -0.4 is 0 Å². The number of aliphatic hydroxyl groups is 2. The van der Waals surface area contributed by atoms with Crippen molar-refractivity contribution in [3.05, 3.63) is 46.6 Å². The minimum Gasteiger partial charge on any atom is -0.453 e. The average molecular weight is 509 g/mol. The van der Waals surface area contributed by atoms with Crippen LogP contribution in [0.15, 0.2) is 46.6 Å². The lowest BCUT2D eigenvalue weighted by molar-refractivity contribution is -0.249. The van der Waals surface area contributed by atoms with Gasteiger partial charge in [-0.15, -0.1) is 0 Å². The Bertz CT molecular complexity index is 925.